The lowest BCUT2D eigenvalue weighted by atomic mass is 9.96. The smallest absolute Gasteiger partial charge is 0.319 e. The van der Waals surface area contributed by atoms with Crippen LogP contribution in [0.25, 0.3) is 0 Å². The second kappa shape index (κ2) is 9.87. The summed E-state index contributed by atoms with van der Waals surface area (Å²) in [4.78, 5) is 24.4. The fraction of sp³-hybridized carbons (Fsp3) is 0.130. The summed E-state index contributed by atoms with van der Waals surface area (Å²) in [6, 6.07) is 23.5. The van der Waals surface area contributed by atoms with Gasteiger partial charge in [-0.3, -0.25) is 14.9 Å². The van der Waals surface area contributed by atoms with Gasteiger partial charge < -0.3 is 10.1 Å². The molecule has 2 N–H and O–H groups in total. The van der Waals surface area contributed by atoms with E-state index in [1.807, 2.05) is 48.5 Å². The van der Waals surface area contributed by atoms with Gasteiger partial charge in [0.2, 0.25) is 0 Å². The first kappa shape index (κ1) is 20.6. The Morgan fingerprint density at radius 3 is 2.28 bits per heavy atom. The molecule has 0 fully saturated rings. The molecule has 0 aliphatic heterocycles. The van der Waals surface area contributed by atoms with Crippen molar-refractivity contribution in [3.8, 4) is 0 Å². The number of carbonyl (C=O) groups excluding carboxylic acids is 2. The number of methoxy groups -OCH3 is 1. The summed E-state index contributed by atoms with van der Waals surface area (Å²) >= 11 is 6.26. The van der Waals surface area contributed by atoms with Crippen molar-refractivity contribution in [2.75, 3.05) is 19.0 Å². The molecule has 0 heterocycles. The molecular weight excluding hydrogens is 388 g/mol. The molecule has 0 spiro atoms. The zero-order valence-electron chi connectivity index (χ0n) is 15.9. The number of halogens is 1. The van der Waals surface area contributed by atoms with Gasteiger partial charge in [0.05, 0.1) is 19.7 Å². The molecule has 3 rings (SSSR count). The van der Waals surface area contributed by atoms with Gasteiger partial charge in [-0.1, -0.05) is 60.1 Å². The van der Waals surface area contributed by atoms with Crippen LogP contribution in [0.2, 0.25) is 5.02 Å². The summed E-state index contributed by atoms with van der Waals surface area (Å²) in [6.45, 7) is 0.00858. The Bertz CT molecular complexity index is 978. The van der Waals surface area contributed by atoms with Crippen LogP contribution in [0.1, 0.15) is 27.5 Å². The molecule has 3 aromatic rings. The van der Waals surface area contributed by atoms with Crippen molar-refractivity contribution in [1.82, 2.24) is 5.32 Å². The second-order valence-corrected chi connectivity index (χ2v) is 6.79. The largest absolute Gasteiger partial charge is 0.468 e. The number of esters is 1. The predicted molar refractivity (Wildman–Crippen MR) is 114 cm³/mol. The van der Waals surface area contributed by atoms with Gasteiger partial charge in [0.25, 0.3) is 5.91 Å². The van der Waals surface area contributed by atoms with Crippen molar-refractivity contribution in [1.29, 1.82) is 0 Å². The molecular formula is C23H21ClN2O3. The molecule has 148 valence electrons. The SMILES string of the molecule is COC(=O)CN[C@H](c1ccccc1)c1cc(Cl)ccc1NC(=O)c1ccccc1. The summed E-state index contributed by atoms with van der Waals surface area (Å²) in [6.07, 6.45) is 0. The highest BCUT2D eigenvalue weighted by Crippen LogP contribution is 2.31. The van der Waals surface area contributed by atoms with Crippen molar-refractivity contribution < 1.29 is 14.3 Å². The average Bonchev–Trinajstić information content (AvgIpc) is 2.76. The topological polar surface area (TPSA) is 67.4 Å². The maximum atomic E-state index is 12.7. The van der Waals surface area contributed by atoms with Crippen LogP contribution in [-0.2, 0) is 9.53 Å². The third-order valence-corrected chi connectivity index (χ3v) is 4.65. The van der Waals surface area contributed by atoms with E-state index in [2.05, 4.69) is 10.6 Å². The summed E-state index contributed by atoms with van der Waals surface area (Å²) in [5, 5.41) is 6.68. The second-order valence-electron chi connectivity index (χ2n) is 6.35. The summed E-state index contributed by atoms with van der Waals surface area (Å²) in [5.41, 5.74) is 2.83. The van der Waals surface area contributed by atoms with E-state index in [1.165, 1.54) is 7.11 Å². The molecule has 0 radical (unpaired) electrons. The quantitative estimate of drug-likeness (QED) is 0.567. The Hall–Kier alpha value is -3.15. The third kappa shape index (κ3) is 5.44. The Balaban J connectivity index is 1.97. The molecule has 0 bridgehead atoms. The summed E-state index contributed by atoms with van der Waals surface area (Å²) < 4.78 is 4.75. The van der Waals surface area contributed by atoms with Gasteiger partial charge in [-0.15, -0.1) is 0 Å². The average molecular weight is 409 g/mol. The standard InChI is InChI=1S/C23H21ClN2O3/c1-29-21(27)15-25-22(16-8-4-2-5-9-16)19-14-18(24)12-13-20(19)26-23(28)17-10-6-3-7-11-17/h2-14,22,25H,15H2,1H3,(H,26,28)/t22-/m1/s1. The monoisotopic (exact) mass is 408 g/mol. The van der Waals surface area contributed by atoms with Crippen molar-refractivity contribution >= 4 is 29.2 Å². The van der Waals surface area contributed by atoms with E-state index < -0.39 is 0 Å². The molecule has 0 aromatic heterocycles. The predicted octanol–water partition coefficient (Wildman–Crippen LogP) is 4.44. The van der Waals surface area contributed by atoms with Crippen molar-refractivity contribution in [3.63, 3.8) is 0 Å². The molecule has 0 saturated heterocycles. The fourth-order valence-corrected chi connectivity index (χ4v) is 3.16. The third-order valence-electron chi connectivity index (χ3n) is 4.42. The van der Waals surface area contributed by atoms with Crippen molar-refractivity contribution in [3.05, 3.63) is 101 Å². The number of amides is 1. The molecule has 0 saturated carbocycles. The lowest BCUT2D eigenvalue weighted by Crippen LogP contribution is -2.30. The number of benzene rings is 3. The van der Waals surface area contributed by atoms with E-state index in [-0.39, 0.29) is 24.5 Å². The van der Waals surface area contributed by atoms with Crippen LogP contribution in [0, 0.1) is 0 Å². The maximum absolute atomic E-state index is 12.7. The minimum Gasteiger partial charge on any atom is -0.468 e. The maximum Gasteiger partial charge on any atom is 0.319 e. The van der Waals surface area contributed by atoms with Crippen LogP contribution < -0.4 is 10.6 Å². The van der Waals surface area contributed by atoms with Gasteiger partial charge in [0.1, 0.15) is 0 Å². The molecule has 0 unspecified atom stereocenters. The van der Waals surface area contributed by atoms with Gasteiger partial charge in [-0.25, -0.2) is 0 Å². The summed E-state index contributed by atoms with van der Waals surface area (Å²) in [5.74, 6) is -0.614. The molecule has 29 heavy (non-hydrogen) atoms. The van der Waals surface area contributed by atoms with Crippen LogP contribution in [0.3, 0.4) is 0 Å². The highest BCUT2D eigenvalue weighted by molar-refractivity contribution is 6.30. The minimum atomic E-state index is -0.386. The Labute approximate surface area is 174 Å². The van der Waals surface area contributed by atoms with Crippen molar-refractivity contribution in [2.45, 2.75) is 6.04 Å². The highest BCUT2D eigenvalue weighted by Gasteiger charge is 2.20. The van der Waals surface area contributed by atoms with E-state index in [9.17, 15) is 9.59 Å². The number of carbonyl (C=O) groups is 2. The first-order valence-corrected chi connectivity index (χ1v) is 9.47. The molecule has 5 nitrogen and oxygen atoms in total. The zero-order chi connectivity index (χ0) is 20.6. The van der Waals surface area contributed by atoms with E-state index in [0.717, 1.165) is 11.1 Å². The molecule has 0 aliphatic carbocycles. The molecule has 0 aliphatic rings. The number of ether oxygens (including phenoxy) is 1. The molecule has 6 heteroatoms. The first-order valence-electron chi connectivity index (χ1n) is 9.09. The number of hydrogen-bond donors (Lipinski definition) is 2. The lowest BCUT2D eigenvalue weighted by molar-refractivity contribution is -0.139. The van der Waals surface area contributed by atoms with E-state index in [1.54, 1.807) is 30.3 Å². The van der Waals surface area contributed by atoms with Crippen LogP contribution in [0.4, 0.5) is 5.69 Å². The first-order chi connectivity index (χ1) is 14.1. The Kier molecular flexibility index (Phi) is 7.00. The fourth-order valence-electron chi connectivity index (χ4n) is 2.98. The van der Waals surface area contributed by atoms with Crippen LogP contribution in [0.5, 0.6) is 0 Å². The van der Waals surface area contributed by atoms with E-state index in [4.69, 9.17) is 16.3 Å². The summed E-state index contributed by atoms with van der Waals surface area (Å²) in [7, 11) is 1.34. The van der Waals surface area contributed by atoms with Gasteiger partial charge in [0, 0.05) is 16.3 Å². The van der Waals surface area contributed by atoms with E-state index in [0.29, 0.717) is 16.3 Å². The number of nitrogens with one attached hydrogen (secondary N) is 2. The molecule has 1 amide bonds. The van der Waals surface area contributed by atoms with Crippen LogP contribution >= 0.6 is 11.6 Å². The van der Waals surface area contributed by atoms with Crippen molar-refractivity contribution in [2.24, 2.45) is 0 Å². The lowest BCUT2D eigenvalue weighted by Gasteiger charge is -2.23. The molecule has 3 aromatic carbocycles. The van der Waals surface area contributed by atoms with Crippen LogP contribution in [-0.4, -0.2) is 25.5 Å². The van der Waals surface area contributed by atoms with Crippen LogP contribution in [0.15, 0.2) is 78.9 Å². The van der Waals surface area contributed by atoms with E-state index >= 15 is 0 Å². The number of anilines is 1. The van der Waals surface area contributed by atoms with Gasteiger partial charge >= 0.3 is 5.97 Å². The zero-order valence-corrected chi connectivity index (χ0v) is 16.6. The highest BCUT2D eigenvalue weighted by atomic mass is 35.5. The van der Waals surface area contributed by atoms with Gasteiger partial charge in [-0.05, 0) is 41.5 Å². The number of rotatable bonds is 7. The Morgan fingerprint density at radius 1 is 0.966 bits per heavy atom. The van der Waals surface area contributed by atoms with Gasteiger partial charge in [-0.2, -0.15) is 0 Å². The molecule has 1 atom stereocenters. The van der Waals surface area contributed by atoms with Gasteiger partial charge in [0.15, 0.2) is 0 Å². The number of hydrogen-bond acceptors (Lipinski definition) is 4. The normalized spacial score (nSPS) is 11.5. The Morgan fingerprint density at radius 2 is 1.62 bits per heavy atom. The minimum absolute atomic E-state index is 0.00858.